The molecule has 0 fully saturated rings. The van der Waals surface area contributed by atoms with Crippen LogP contribution in [0, 0.1) is 6.57 Å². The molecule has 0 radical (unpaired) electrons. The van der Waals surface area contributed by atoms with E-state index < -0.39 is 0 Å². The highest BCUT2D eigenvalue weighted by Gasteiger charge is 2.10. The fraction of sp³-hybridized carbons (Fsp3) is 0. The molecule has 0 saturated heterocycles. The summed E-state index contributed by atoms with van der Waals surface area (Å²) in [6, 6.07) is 20.4. The average Bonchev–Trinajstić information content (AvgIpc) is 2.75. The molecule has 0 spiro atoms. The highest BCUT2D eigenvalue weighted by atomic mass is 16.5. The van der Waals surface area contributed by atoms with Gasteiger partial charge in [0.2, 0.25) is 5.69 Å². The minimum absolute atomic E-state index is 0.119. The maximum atomic E-state index is 12.1. The first-order valence-corrected chi connectivity index (χ1v) is 9.02. The Labute approximate surface area is 172 Å². The summed E-state index contributed by atoms with van der Waals surface area (Å²) in [5.74, 6) is 0.938. The number of aromatic nitrogens is 1. The van der Waals surface area contributed by atoms with Gasteiger partial charge in [0.25, 0.3) is 0 Å². The number of rotatable bonds is 4. The molecule has 2 amide bonds. The molecule has 7 nitrogen and oxygen atoms in total. The number of phenolic OH excluding ortho intramolecular Hbond substituents is 1. The van der Waals surface area contributed by atoms with Gasteiger partial charge in [0.15, 0.2) is 0 Å². The van der Waals surface area contributed by atoms with Crippen molar-refractivity contribution in [2.45, 2.75) is 0 Å². The van der Waals surface area contributed by atoms with Crippen LogP contribution in [0.2, 0.25) is 0 Å². The first-order valence-electron chi connectivity index (χ1n) is 9.02. The van der Waals surface area contributed by atoms with E-state index in [-0.39, 0.29) is 17.5 Å². The van der Waals surface area contributed by atoms with E-state index in [1.54, 1.807) is 54.7 Å². The first-order chi connectivity index (χ1) is 14.6. The summed E-state index contributed by atoms with van der Waals surface area (Å²) in [6.45, 7) is 7.17. The van der Waals surface area contributed by atoms with Crippen LogP contribution in [0.25, 0.3) is 15.7 Å². The van der Waals surface area contributed by atoms with Crippen molar-refractivity contribution in [3.8, 4) is 17.2 Å². The van der Waals surface area contributed by atoms with E-state index in [4.69, 9.17) is 11.3 Å². The molecule has 0 saturated carbocycles. The lowest BCUT2D eigenvalue weighted by Crippen LogP contribution is -2.19. The van der Waals surface area contributed by atoms with E-state index in [0.29, 0.717) is 33.8 Å². The van der Waals surface area contributed by atoms with E-state index in [1.807, 2.05) is 18.2 Å². The number of nitrogens with one attached hydrogen (secondary N) is 2. The van der Waals surface area contributed by atoms with Crippen molar-refractivity contribution in [3.63, 3.8) is 0 Å². The lowest BCUT2D eigenvalue weighted by Gasteiger charge is -2.11. The predicted molar refractivity (Wildman–Crippen MR) is 115 cm³/mol. The van der Waals surface area contributed by atoms with Gasteiger partial charge >= 0.3 is 6.03 Å². The summed E-state index contributed by atoms with van der Waals surface area (Å²) in [5, 5.41) is 16.0. The fourth-order valence-electron chi connectivity index (χ4n) is 2.87. The number of carbonyl (C=O) groups is 1. The number of nitrogens with zero attached hydrogens (tertiary/aromatic N) is 2. The number of para-hydroxylation sites is 1. The Balaban J connectivity index is 1.49. The predicted octanol–water partition coefficient (Wildman–Crippen LogP) is 5.93. The standard InChI is InChI=1S/C23H16N4O3/c1-24-20-13-18-19(14-21(20)28)25-12-11-22(18)30-17-9-7-16(8-10-17)27-23(29)26-15-5-3-2-4-6-15/h2-14,28H,(H2,26,27,29). The Bertz CT molecular complexity index is 1250. The monoisotopic (exact) mass is 396 g/mol. The Morgan fingerprint density at radius 2 is 1.67 bits per heavy atom. The summed E-state index contributed by atoms with van der Waals surface area (Å²) in [4.78, 5) is 19.6. The minimum atomic E-state index is -0.346. The number of amides is 2. The third-order valence-electron chi connectivity index (χ3n) is 4.29. The second kappa shape index (κ2) is 8.20. The number of carbonyl (C=O) groups excluding carboxylic acids is 1. The number of fused-ring (bicyclic) bond motifs is 1. The van der Waals surface area contributed by atoms with Crippen molar-refractivity contribution in [1.82, 2.24) is 4.98 Å². The zero-order valence-electron chi connectivity index (χ0n) is 15.7. The molecule has 0 atom stereocenters. The Kier molecular flexibility index (Phi) is 5.14. The molecule has 4 aromatic rings. The summed E-state index contributed by atoms with van der Waals surface area (Å²) in [6.07, 6.45) is 1.57. The van der Waals surface area contributed by atoms with Gasteiger partial charge in [-0.05, 0) is 54.6 Å². The first kappa shape index (κ1) is 18.8. The highest BCUT2D eigenvalue weighted by molar-refractivity contribution is 5.99. The number of ether oxygens (including phenoxy) is 1. The smallest absolute Gasteiger partial charge is 0.323 e. The molecule has 30 heavy (non-hydrogen) atoms. The van der Waals surface area contributed by atoms with Crippen molar-refractivity contribution < 1.29 is 14.6 Å². The van der Waals surface area contributed by atoms with E-state index in [0.717, 1.165) is 0 Å². The van der Waals surface area contributed by atoms with Gasteiger partial charge < -0.3 is 20.5 Å². The molecule has 7 heteroatoms. The largest absolute Gasteiger partial charge is 0.519 e. The number of anilines is 2. The van der Waals surface area contributed by atoms with Crippen LogP contribution in [0.3, 0.4) is 0 Å². The van der Waals surface area contributed by atoms with Crippen molar-refractivity contribution in [2.24, 2.45) is 0 Å². The van der Waals surface area contributed by atoms with Gasteiger partial charge in [0.1, 0.15) is 17.2 Å². The zero-order chi connectivity index (χ0) is 20.9. The second-order valence-electron chi connectivity index (χ2n) is 6.35. The van der Waals surface area contributed by atoms with Crippen LogP contribution < -0.4 is 15.4 Å². The van der Waals surface area contributed by atoms with Gasteiger partial charge in [0.05, 0.1) is 12.1 Å². The van der Waals surface area contributed by atoms with Crippen molar-refractivity contribution in [3.05, 3.63) is 90.4 Å². The SMILES string of the molecule is [C-]#[N+]c1cc2c(Oc3ccc(NC(=O)Nc4ccccc4)cc3)ccnc2cc1O. The normalized spacial score (nSPS) is 10.2. The van der Waals surface area contributed by atoms with E-state index >= 15 is 0 Å². The zero-order valence-corrected chi connectivity index (χ0v) is 15.7. The van der Waals surface area contributed by atoms with Gasteiger partial charge in [-0.15, -0.1) is 0 Å². The molecule has 3 aromatic carbocycles. The van der Waals surface area contributed by atoms with Crippen LogP contribution in [-0.4, -0.2) is 16.1 Å². The number of phenols is 1. The molecular weight excluding hydrogens is 380 g/mol. The van der Waals surface area contributed by atoms with Crippen LogP contribution >= 0.6 is 0 Å². The number of hydrogen-bond donors (Lipinski definition) is 3. The van der Waals surface area contributed by atoms with Gasteiger partial charge in [-0.1, -0.05) is 18.2 Å². The summed E-state index contributed by atoms with van der Waals surface area (Å²) >= 11 is 0. The number of hydrogen-bond acceptors (Lipinski definition) is 4. The van der Waals surface area contributed by atoms with Crippen LogP contribution in [0.4, 0.5) is 21.9 Å². The van der Waals surface area contributed by atoms with Gasteiger partial charge in [-0.2, -0.15) is 0 Å². The molecular formula is C23H16N4O3. The number of urea groups is 1. The molecule has 0 bridgehead atoms. The Morgan fingerprint density at radius 3 is 2.37 bits per heavy atom. The maximum Gasteiger partial charge on any atom is 0.323 e. The van der Waals surface area contributed by atoms with Crippen LogP contribution in [0.1, 0.15) is 0 Å². The van der Waals surface area contributed by atoms with E-state index in [2.05, 4.69) is 20.5 Å². The molecule has 1 aromatic heterocycles. The highest BCUT2D eigenvalue weighted by Crippen LogP contribution is 2.36. The van der Waals surface area contributed by atoms with Gasteiger partial charge in [0, 0.05) is 23.0 Å². The number of benzene rings is 3. The molecule has 0 unspecified atom stereocenters. The minimum Gasteiger partial charge on any atom is -0.519 e. The van der Waals surface area contributed by atoms with E-state index in [1.165, 1.54) is 6.07 Å². The quantitative estimate of drug-likeness (QED) is 0.373. The van der Waals surface area contributed by atoms with Gasteiger partial charge in [-0.3, -0.25) is 4.98 Å². The molecule has 0 aliphatic rings. The second-order valence-corrected chi connectivity index (χ2v) is 6.35. The lowest BCUT2D eigenvalue weighted by atomic mass is 10.1. The average molecular weight is 396 g/mol. The molecule has 3 N–H and O–H groups in total. The van der Waals surface area contributed by atoms with Crippen LogP contribution in [0.15, 0.2) is 79.0 Å². The lowest BCUT2D eigenvalue weighted by molar-refractivity contribution is 0.262. The Morgan fingerprint density at radius 1 is 0.967 bits per heavy atom. The van der Waals surface area contributed by atoms with E-state index in [9.17, 15) is 9.90 Å². The number of aromatic hydroxyl groups is 1. The molecule has 0 aliphatic carbocycles. The fourth-order valence-corrected chi connectivity index (χ4v) is 2.87. The summed E-state index contributed by atoms with van der Waals surface area (Å²) in [5.41, 5.74) is 1.96. The Hall–Kier alpha value is -4.57. The summed E-state index contributed by atoms with van der Waals surface area (Å²) < 4.78 is 5.93. The van der Waals surface area contributed by atoms with Gasteiger partial charge in [-0.25, -0.2) is 9.64 Å². The molecule has 4 rings (SSSR count). The topological polar surface area (TPSA) is 87.8 Å². The van der Waals surface area contributed by atoms with Crippen molar-refractivity contribution in [1.29, 1.82) is 0 Å². The van der Waals surface area contributed by atoms with Crippen molar-refractivity contribution >= 4 is 34.0 Å². The third kappa shape index (κ3) is 4.13. The van der Waals surface area contributed by atoms with Crippen LogP contribution in [-0.2, 0) is 0 Å². The third-order valence-corrected chi connectivity index (χ3v) is 4.29. The molecule has 0 aliphatic heterocycles. The summed E-state index contributed by atoms with van der Waals surface area (Å²) in [7, 11) is 0. The number of pyridine rings is 1. The maximum absolute atomic E-state index is 12.1. The van der Waals surface area contributed by atoms with Crippen LogP contribution in [0.5, 0.6) is 17.2 Å². The molecule has 146 valence electrons. The van der Waals surface area contributed by atoms with Crippen molar-refractivity contribution in [2.75, 3.05) is 10.6 Å². The molecule has 1 heterocycles.